The number of nitrogens with one attached hydrogen (secondary N) is 1. The van der Waals surface area contributed by atoms with E-state index in [1.807, 2.05) is 20.8 Å². The Morgan fingerprint density at radius 3 is 2.38 bits per heavy atom. The van der Waals surface area contributed by atoms with E-state index < -0.39 is 6.09 Å². The largest absolute Gasteiger partial charge is 0.465 e. The topological polar surface area (TPSA) is 87.4 Å². The van der Waals surface area contributed by atoms with E-state index in [0.29, 0.717) is 5.82 Å². The minimum atomic E-state index is -1.14. The van der Waals surface area contributed by atoms with Gasteiger partial charge in [0.15, 0.2) is 0 Å². The highest BCUT2D eigenvalue weighted by Crippen LogP contribution is 2.26. The first-order chi connectivity index (χ1) is 9.81. The van der Waals surface area contributed by atoms with Crippen LogP contribution in [0.5, 0.6) is 0 Å². The van der Waals surface area contributed by atoms with Crippen molar-refractivity contribution in [2.24, 2.45) is 0 Å². The minimum Gasteiger partial charge on any atom is -0.465 e. The molecule has 112 valence electrons. The van der Waals surface area contributed by atoms with Gasteiger partial charge in [-0.25, -0.2) is 9.48 Å². The van der Waals surface area contributed by atoms with Gasteiger partial charge in [-0.1, -0.05) is 32.9 Å². The molecule has 0 unspecified atom stereocenters. The Morgan fingerprint density at radius 2 is 1.90 bits per heavy atom. The van der Waals surface area contributed by atoms with E-state index in [1.54, 1.807) is 35.0 Å². The van der Waals surface area contributed by atoms with E-state index in [9.17, 15) is 4.79 Å². The van der Waals surface area contributed by atoms with E-state index in [0.717, 1.165) is 16.9 Å². The molecule has 21 heavy (non-hydrogen) atoms. The number of aliphatic hydroxyl groups excluding tert-OH is 1. The summed E-state index contributed by atoms with van der Waals surface area (Å²) in [5.41, 5.74) is 2.12. The molecule has 0 fully saturated rings. The molecule has 1 aromatic carbocycles. The van der Waals surface area contributed by atoms with Crippen LogP contribution in [0.25, 0.3) is 5.69 Å². The monoisotopic (exact) mass is 289 g/mol. The molecule has 1 aromatic heterocycles. The van der Waals surface area contributed by atoms with Gasteiger partial charge in [-0.2, -0.15) is 5.10 Å². The summed E-state index contributed by atoms with van der Waals surface area (Å²) in [5, 5.41) is 24.9. The molecule has 0 spiro atoms. The van der Waals surface area contributed by atoms with Gasteiger partial charge in [-0.05, 0) is 17.7 Å². The van der Waals surface area contributed by atoms with E-state index in [-0.39, 0.29) is 12.0 Å². The van der Waals surface area contributed by atoms with Crippen LogP contribution >= 0.6 is 0 Å². The summed E-state index contributed by atoms with van der Waals surface area (Å²) in [6, 6.07) is 8.86. The average molecular weight is 289 g/mol. The zero-order valence-corrected chi connectivity index (χ0v) is 12.3. The van der Waals surface area contributed by atoms with Gasteiger partial charge in [0.2, 0.25) is 0 Å². The van der Waals surface area contributed by atoms with Crippen LogP contribution in [0, 0.1) is 0 Å². The zero-order chi connectivity index (χ0) is 15.6. The van der Waals surface area contributed by atoms with Gasteiger partial charge in [0.25, 0.3) is 0 Å². The Bertz CT molecular complexity index is 639. The van der Waals surface area contributed by atoms with Gasteiger partial charge in [0.05, 0.1) is 18.0 Å². The lowest BCUT2D eigenvalue weighted by atomic mass is 9.92. The Labute approximate surface area is 123 Å². The standard InChI is InChI=1S/C15H19N3O3/c1-15(2,3)12-8-13(16-14(20)21)18(17-12)11-6-4-10(9-19)5-7-11/h4-8,16,19H,9H2,1-3H3,(H,20,21). The molecule has 0 aliphatic rings. The highest BCUT2D eigenvalue weighted by atomic mass is 16.4. The maximum atomic E-state index is 10.9. The predicted octanol–water partition coefficient (Wildman–Crippen LogP) is 2.75. The highest BCUT2D eigenvalue weighted by Gasteiger charge is 2.21. The van der Waals surface area contributed by atoms with Gasteiger partial charge in [-0.3, -0.25) is 5.32 Å². The fourth-order valence-electron chi connectivity index (χ4n) is 1.89. The van der Waals surface area contributed by atoms with E-state index in [2.05, 4.69) is 10.4 Å². The second kappa shape index (κ2) is 5.57. The molecule has 0 radical (unpaired) electrons. The second-order valence-corrected chi connectivity index (χ2v) is 5.83. The smallest absolute Gasteiger partial charge is 0.410 e. The summed E-state index contributed by atoms with van der Waals surface area (Å²) in [7, 11) is 0. The van der Waals surface area contributed by atoms with E-state index in [1.165, 1.54) is 0 Å². The summed E-state index contributed by atoms with van der Waals surface area (Å²) >= 11 is 0. The molecule has 2 rings (SSSR count). The third-order valence-corrected chi connectivity index (χ3v) is 3.08. The van der Waals surface area contributed by atoms with Crippen LogP contribution in [0.2, 0.25) is 0 Å². The summed E-state index contributed by atoms with van der Waals surface area (Å²) in [6.45, 7) is 6.00. The van der Waals surface area contributed by atoms with Crippen LogP contribution in [0.3, 0.4) is 0 Å². The molecule has 0 bridgehead atoms. The number of aliphatic hydroxyl groups is 1. The van der Waals surface area contributed by atoms with Crippen molar-refractivity contribution in [3.63, 3.8) is 0 Å². The van der Waals surface area contributed by atoms with Crippen LogP contribution in [0.4, 0.5) is 10.6 Å². The third kappa shape index (κ3) is 3.41. The van der Waals surface area contributed by atoms with Crippen LogP contribution in [-0.4, -0.2) is 26.1 Å². The quantitative estimate of drug-likeness (QED) is 0.810. The molecule has 6 heteroatoms. The van der Waals surface area contributed by atoms with Gasteiger partial charge >= 0.3 is 6.09 Å². The van der Waals surface area contributed by atoms with Crippen molar-refractivity contribution in [3.8, 4) is 5.69 Å². The number of nitrogens with zero attached hydrogens (tertiary/aromatic N) is 2. The van der Waals surface area contributed by atoms with Crippen molar-refractivity contribution in [3.05, 3.63) is 41.6 Å². The normalized spacial score (nSPS) is 11.4. The molecule has 0 saturated carbocycles. The number of carbonyl (C=O) groups is 1. The Balaban J connectivity index is 2.48. The number of hydrogen-bond donors (Lipinski definition) is 3. The molecule has 6 nitrogen and oxygen atoms in total. The Hall–Kier alpha value is -2.34. The molecular formula is C15H19N3O3. The van der Waals surface area contributed by atoms with Crippen molar-refractivity contribution in [2.75, 3.05) is 5.32 Å². The minimum absolute atomic E-state index is 0.0349. The van der Waals surface area contributed by atoms with Gasteiger partial charge in [0.1, 0.15) is 5.82 Å². The van der Waals surface area contributed by atoms with Crippen LogP contribution in [-0.2, 0) is 12.0 Å². The third-order valence-electron chi connectivity index (χ3n) is 3.08. The lowest BCUT2D eigenvalue weighted by Crippen LogP contribution is -2.13. The van der Waals surface area contributed by atoms with Crippen molar-refractivity contribution in [1.82, 2.24) is 9.78 Å². The molecule has 3 N–H and O–H groups in total. The average Bonchev–Trinajstić information content (AvgIpc) is 2.82. The number of amides is 1. The number of carboxylic acid groups (broad SMARTS) is 1. The van der Waals surface area contributed by atoms with Gasteiger partial charge < -0.3 is 10.2 Å². The molecule has 0 saturated heterocycles. The molecule has 1 heterocycles. The first-order valence-electron chi connectivity index (χ1n) is 6.62. The second-order valence-electron chi connectivity index (χ2n) is 5.83. The fourth-order valence-corrected chi connectivity index (χ4v) is 1.89. The SMILES string of the molecule is CC(C)(C)c1cc(NC(=O)O)n(-c2ccc(CO)cc2)n1. The number of hydrogen-bond acceptors (Lipinski definition) is 3. The summed E-state index contributed by atoms with van der Waals surface area (Å²) < 4.78 is 1.55. The summed E-state index contributed by atoms with van der Waals surface area (Å²) in [5.74, 6) is 0.393. The fraction of sp³-hybridized carbons (Fsp3) is 0.333. The maximum absolute atomic E-state index is 10.9. The summed E-state index contributed by atoms with van der Waals surface area (Å²) in [6.07, 6.45) is -1.14. The van der Waals surface area contributed by atoms with E-state index in [4.69, 9.17) is 10.2 Å². The van der Waals surface area contributed by atoms with E-state index >= 15 is 0 Å². The molecule has 0 atom stereocenters. The van der Waals surface area contributed by atoms with Crippen molar-refractivity contribution in [2.45, 2.75) is 32.8 Å². The molecule has 2 aromatic rings. The first kappa shape index (κ1) is 15.1. The number of rotatable bonds is 3. The van der Waals surface area contributed by atoms with Gasteiger partial charge in [0, 0.05) is 11.5 Å². The maximum Gasteiger partial charge on any atom is 0.410 e. The molecule has 0 aliphatic carbocycles. The van der Waals surface area contributed by atoms with Crippen molar-refractivity contribution < 1.29 is 15.0 Å². The lowest BCUT2D eigenvalue weighted by molar-refractivity contribution is 0.209. The van der Waals surface area contributed by atoms with Crippen LogP contribution in [0.15, 0.2) is 30.3 Å². The predicted molar refractivity (Wildman–Crippen MR) is 79.8 cm³/mol. The number of benzene rings is 1. The number of aromatic nitrogens is 2. The van der Waals surface area contributed by atoms with Crippen molar-refractivity contribution in [1.29, 1.82) is 0 Å². The molecular weight excluding hydrogens is 270 g/mol. The van der Waals surface area contributed by atoms with Crippen LogP contribution in [0.1, 0.15) is 32.0 Å². The highest BCUT2D eigenvalue weighted by molar-refractivity contribution is 5.82. The Kier molecular flexibility index (Phi) is 3.99. The Morgan fingerprint density at radius 1 is 1.29 bits per heavy atom. The van der Waals surface area contributed by atoms with Gasteiger partial charge in [-0.15, -0.1) is 0 Å². The molecule has 1 amide bonds. The lowest BCUT2D eigenvalue weighted by Gasteiger charge is -2.14. The summed E-state index contributed by atoms with van der Waals surface area (Å²) in [4.78, 5) is 10.9. The zero-order valence-electron chi connectivity index (χ0n) is 12.3. The first-order valence-corrected chi connectivity index (χ1v) is 6.62. The van der Waals surface area contributed by atoms with Crippen LogP contribution < -0.4 is 5.32 Å². The van der Waals surface area contributed by atoms with Crippen molar-refractivity contribution >= 4 is 11.9 Å². The molecule has 0 aliphatic heterocycles. The number of anilines is 1.